The Balaban J connectivity index is 2.27. The summed E-state index contributed by atoms with van der Waals surface area (Å²) >= 11 is 4.86. The van der Waals surface area contributed by atoms with Gasteiger partial charge >= 0.3 is 0 Å². The topological polar surface area (TPSA) is 57.4 Å². The average molecular weight is 254 g/mol. The zero-order valence-corrected chi connectivity index (χ0v) is 10.8. The Kier molecular flexibility index (Phi) is 6.69. The number of nitrogens with zero attached hydrogens (tertiary/aromatic N) is 1. The molecular formula is C12H18N2O2S. The van der Waals surface area contributed by atoms with Gasteiger partial charge in [0, 0.05) is 12.8 Å². The largest absolute Gasteiger partial charge is 0.388 e. The van der Waals surface area contributed by atoms with Crippen molar-refractivity contribution in [3.63, 3.8) is 0 Å². The lowest BCUT2D eigenvalue weighted by atomic mass is 10.2. The van der Waals surface area contributed by atoms with E-state index in [9.17, 15) is 0 Å². The van der Waals surface area contributed by atoms with Crippen LogP contribution in [-0.4, -0.2) is 29.8 Å². The molecule has 5 heteroatoms. The van der Waals surface area contributed by atoms with Crippen molar-refractivity contribution >= 4 is 17.2 Å². The highest BCUT2D eigenvalue weighted by atomic mass is 32.1. The highest BCUT2D eigenvalue weighted by Gasteiger charge is 2.00. The standard InChI is InChI=1S/C12H18N2O2S/c1-2-5-15-6-7-16-9-10-3-4-14-11(8-10)12(13)17/h3-4,8H,2,5-7,9H2,1H3,(H2,13,17). The molecule has 1 aromatic rings. The fourth-order valence-electron chi connectivity index (χ4n) is 1.25. The Hall–Kier alpha value is -1.04. The Morgan fingerprint density at radius 1 is 1.35 bits per heavy atom. The van der Waals surface area contributed by atoms with Crippen molar-refractivity contribution < 1.29 is 9.47 Å². The molecule has 17 heavy (non-hydrogen) atoms. The zero-order chi connectivity index (χ0) is 12.5. The second-order valence-corrected chi connectivity index (χ2v) is 4.02. The summed E-state index contributed by atoms with van der Waals surface area (Å²) in [5.74, 6) is 0. The van der Waals surface area contributed by atoms with E-state index in [1.54, 1.807) is 6.20 Å². The molecule has 1 rings (SSSR count). The SMILES string of the molecule is CCCOCCOCc1ccnc(C(N)=S)c1. The van der Waals surface area contributed by atoms with Gasteiger partial charge in [0.2, 0.25) is 0 Å². The average Bonchev–Trinajstić information content (AvgIpc) is 2.34. The summed E-state index contributed by atoms with van der Waals surface area (Å²) in [5, 5.41) is 0. The number of rotatable bonds is 8. The highest BCUT2D eigenvalue weighted by molar-refractivity contribution is 7.80. The third-order valence-corrected chi connectivity index (χ3v) is 2.28. The van der Waals surface area contributed by atoms with E-state index in [4.69, 9.17) is 27.4 Å². The van der Waals surface area contributed by atoms with Crippen LogP contribution in [0.5, 0.6) is 0 Å². The van der Waals surface area contributed by atoms with Gasteiger partial charge in [0.15, 0.2) is 0 Å². The Morgan fingerprint density at radius 3 is 2.82 bits per heavy atom. The molecule has 0 amide bonds. The number of hydrogen-bond donors (Lipinski definition) is 1. The van der Waals surface area contributed by atoms with E-state index in [1.807, 2.05) is 12.1 Å². The van der Waals surface area contributed by atoms with Crippen LogP contribution in [-0.2, 0) is 16.1 Å². The van der Waals surface area contributed by atoms with Crippen LogP contribution in [0.4, 0.5) is 0 Å². The third-order valence-electron chi connectivity index (χ3n) is 2.07. The molecule has 0 aliphatic rings. The maximum absolute atomic E-state index is 5.50. The first-order valence-electron chi connectivity index (χ1n) is 5.64. The minimum absolute atomic E-state index is 0.304. The fraction of sp³-hybridized carbons (Fsp3) is 0.500. The molecule has 0 unspecified atom stereocenters. The lowest BCUT2D eigenvalue weighted by Gasteiger charge is -2.06. The first-order valence-corrected chi connectivity index (χ1v) is 6.05. The van der Waals surface area contributed by atoms with Crippen LogP contribution in [0.1, 0.15) is 24.6 Å². The quantitative estimate of drug-likeness (QED) is 0.565. The van der Waals surface area contributed by atoms with Gasteiger partial charge in [0.25, 0.3) is 0 Å². The highest BCUT2D eigenvalue weighted by Crippen LogP contribution is 2.03. The van der Waals surface area contributed by atoms with Crippen LogP contribution in [0.15, 0.2) is 18.3 Å². The monoisotopic (exact) mass is 254 g/mol. The number of thiocarbonyl (C=S) groups is 1. The van der Waals surface area contributed by atoms with Gasteiger partial charge in [-0.2, -0.15) is 0 Å². The first-order chi connectivity index (χ1) is 8.24. The summed E-state index contributed by atoms with van der Waals surface area (Å²) in [7, 11) is 0. The van der Waals surface area contributed by atoms with Crippen LogP contribution < -0.4 is 5.73 Å². The maximum Gasteiger partial charge on any atom is 0.122 e. The molecule has 0 radical (unpaired) electrons. The van der Waals surface area contributed by atoms with Crippen LogP contribution in [0.25, 0.3) is 0 Å². The van der Waals surface area contributed by atoms with Crippen molar-refractivity contribution in [3.8, 4) is 0 Å². The van der Waals surface area contributed by atoms with Crippen LogP contribution in [0, 0.1) is 0 Å². The van der Waals surface area contributed by atoms with E-state index < -0.39 is 0 Å². The van der Waals surface area contributed by atoms with Gasteiger partial charge in [-0.15, -0.1) is 0 Å². The Morgan fingerprint density at radius 2 is 2.12 bits per heavy atom. The van der Waals surface area contributed by atoms with Crippen molar-refractivity contribution in [3.05, 3.63) is 29.6 Å². The number of ether oxygens (including phenoxy) is 2. The van der Waals surface area contributed by atoms with Crippen molar-refractivity contribution in [2.24, 2.45) is 5.73 Å². The summed E-state index contributed by atoms with van der Waals surface area (Å²) in [4.78, 5) is 4.37. The molecule has 1 heterocycles. The molecule has 0 saturated heterocycles. The lowest BCUT2D eigenvalue weighted by Crippen LogP contribution is -2.12. The van der Waals surface area contributed by atoms with Crippen molar-refractivity contribution in [1.29, 1.82) is 0 Å². The molecule has 0 aliphatic carbocycles. The molecule has 0 aliphatic heterocycles. The maximum atomic E-state index is 5.50. The molecule has 0 bridgehead atoms. The minimum atomic E-state index is 0.304. The van der Waals surface area contributed by atoms with Crippen molar-refractivity contribution in [1.82, 2.24) is 4.98 Å². The van der Waals surface area contributed by atoms with Gasteiger partial charge in [-0.05, 0) is 24.1 Å². The molecule has 2 N–H and O–H groups in total. The molecule has 0 saturated carbocycles. The van der Waals surface area contributed by atoms with E-state index >= 15 is 0 Å². The smallest absolute Gasteiger partial charge is 0.122 e. The summed E-state index contributed by atoms with van der Waals surface area (Å²) in [6, 6.07) is 3.73. The zero-order valence-electron chi connectivity index (χ0n) is 10.0. The molecule has 0 atom stereocenters. The van der Waals surface area contributed by atoms with Crippen molar-refractivity contribution in [2.45, 2.75) is 20.0 Å². The van der Waals surface area contributed by atoms with E-state index in [2.05, 4.69) is 11.9 Å². The van der Waals surface area contributed by atoms with Gasteiger partial charge in [-0.1, -0.05) is 19.1 Å². The van der Waals surface area contributed by atoms with Gasteiger partial charge in [-0.25, -0.2) is 0 Å². The number of pyridine rings is 1. The normalized spacial score (nSPS) is 10.4. The number of hydrogen-bond acceptors (Lipinski definition) is 4. The van der Waals surface area contributed by atoms with Crippen molar-refractivity contribution in [2.75, 3.05) is 19.8 Å². The van der Waals surface area contributed by atoms with E-state index in [-0.39, 0.29) is 0 Å². The van der Waals surface area contributed by atoms with Gasteiger partial charge in [0.05, 0.1) is 25.5 Å². The molecule has 0 spiro atoms. The Bertz CT molecular complexity index is 358. The molecular weight excluding hydrogens is 236 g/mol. The number of nitrogens with two attached hydrogens (primary N) is 1. The summed E-state index contributed by atoms with van der Waals surface area (Å²) in [6.45, 7) is 4.60. The predicted octanol–water partition coefficient (Wildman–Crippen LogP) is 1.66. The van der Waals surface area contributed by atoms with Crippen LogP contribution in [0.3, 0.4) is 0 Å². The first kappa shape index (κ1) is 14.0. The number of aromatic nitrogens is 1. The summed E-state index contributed by atoms with van der Waals surface area (Å²) in [5.41, 5.74) is 7.14. The second kappa shape index (κ2) is 8.11. The molecule has 1 aromatic heterocycles. The summed E-state index contributed by atoms with van der Waals surface area (Å²) < 4.78 is 10.8. The summed E-state index contributed by atoms with van der Waals surface area (Å²) in [6.07, 6.45) is 2.71. The predicted molar refractivity (Wildman–Crippen MR) is 70.9 cm³/mol. The molecule has 4 nitrogen and oxygen atoms in total. The van der Waals surface area contributed by atoms with Crippen LogP contribution >= 0.6 is 12.2 Å². The Labute approximate surface area is 107 Å². The molecule has 0 fully saturated rings. The van der Waals surface area contributed by atoms with Gasteiger partial charge < -0.3 is 15.2 Å². The van der Waals surface area contributed by atoms with E-state index in [0.29, 0.717) is 30.5 Å². The van der Waals surface area contributed by atoms with Crippen LogP contribution in [0.2, 0.25) is 0 Å². The lowest BCUT2D eigenvalue weighted by molar-refractivity contribution is 0.0408. The molecule has 0 aromatic carbocycles. The third kappa shape index (κ3) is 5.72. The van der Waals surface area contributed by atoms with Gasteiger partial charge in [-0.3, -0.25) is 4.98 Å². The van der Waals surface area contributed by atoms with Gasteiger partial charge in [0.1, 0.15) is 4.99 Å². The van der Waals surface area contributed by atoms with E-state index in [1.165, 1.54) is 0 Å². The minimum Gasteiger partial charge on any atom is -0.388 e. The second-order valence-electron chi connectivity index (χ2n) is 3.58. The molecule has 94 valence electrons. The fourth-order valence-corrected chi connectivity index (χ4v) is 1.36. The van der Waals surface area contributed by atoms with E-state index in [0.717, 1.165) is 18.6 Å².